The van der Waals surface area contributed by atoms with Gasteiger partial charge in [0.1, 0.15) is 0 Å². The van der Waals surface area contributed by atoms with Crippen LogP contribution in [0.2, 0.25) is 0 Å². The van der Waals surface area contributed by atoms with Gasteiger partial charge in [0.25, 0.3) is 0 Å². The lowest BCUT2D eigenvalue weighted by Gasteiger charge is -2.04. The minimum atomic E-state index is -1.02. The topological polar surface area (TPSA) is 63.3 Å². The maximum Gasteiger partial charge on any atom is 0.338 e. The van der Waals surface area contributed by atoms with E-state index in [9.17, 15) is 4.79 Å². The second-order valence-corrected chi connectivity index (χ2v) is 4.09. The van der Waals surface area contributed by atoms with E-state index in [4.69, 9.17) is 10.8 Å². The number of aromatic carboxylic acids is 1. The Bertz CT molecular complexity index is 340. The molecular weight excluding hydrogens is 337 g/mol. The molecule has 1 aromatic rings. The summed E-state index contributed by atoms with van der Waals surface area (Å²) < 4.78 is 1.37. The number of rotatable bonds is 1. The van der Waals surface area contributed by atoms with Gasteiger partial charge < -0.3 is 10.8 Å². The van der Waals surface area contributed by atoms with E-state index in [2.05, 4.69) is 15.9 Å². The molecule has 0 saturated carbocycles. The lowest BCUT2D eigenvalue weighted by Crippen LogP contribution is -2.04. The molecule has 12 heavy (non-hydrogen) atoms. The summed E-state index contributed by atoms with van der Waals surface area (Å²) in [6.45, 7) is 0. The number of benzene rings is 1. The minimum absolute atomic E-state index is 0.127. The molecule has 0 heterocycles. The first-order valence-electron chi connectivity index (χ1n) is 3.01. The van der Waals surface area contributed by atoms with Crippen LogP contribution < -0.4 is 5.73 Å². The van der Waals surface area contributed by atoms with E-state index >= 15 is 0 Å². The van der Waals surface area contributed by atoms with Crippen molar-refractivity contribution in [1.82, 2.24) is 0 Å². The fourth-order valence-electron chi connectivity index (χ4n) is 0.783. The quantitative estimate of drug-likeness (QED) is 0.608. The smallest absolute Gasteiger partial charge is 0.338 e. The Morgan fingerprint density at radius 1 is 1.58 bits per heavy atom. The van der Waals surface area contributed by atoms with Crippen LogP contribution in [0, 0.1) is 3.57 Å². The molecule has 0 radical (unpaired) electrons. The van der Waals surface area contributed by atoms with E-state index in [0.717, 1.165) is 3.57 Å². The van der Waals surface area contributed by atoms with Crippen LogP contribution in [0.3, 0.4) is 0 Å². The lowest BCUT2D eigenvalue weighted by atomic mass is 10.2. The van der Waals surface area contributed by atoms with E-state index in [-0.39, 0.29) is 11.3 Å². The molecule has 0 unspecified atom stereocenters. The second-order valence-electron chi connectivity index (χ2n) is 2.13. The Labute approximate surface area is 91.2 Å². The third-order valence-electron chi connectivity index (χ3n) is 1.34. The Morgan fingerprint density at radius 2 is 2.17 bits per heavy atom. The lowest BCUT2D eigenvalue weighted by molar-refractivity contribution is 0.0697. The molecule has 0 aliphatic carbocycles. The number of hydrogen-bond acceptors (Lipinski definition) is 2. The Kier molecular flexibility index (Phi) is 2.94. The van der Waals surface area contributed by atoms with E-state index in [1.165, 1.54) is 0 Å². The van der Waals surface area contributed by atoms with Crippen LogP contribution in [0.5, 0.6) is 0 Å². The highest BCUT2D eigenvalue weighted by molar-refractivity contribution is 14.1. The minimum Gasteiger partial charge on any atom is -0.478 e. The van der Waals surface area contributed by atoms with E-state index < -0.39 is 5.97 Å². The van der Waals surface area contributed by atoms with Crippen molar-refractivity contribution in [3.8, 4) is 0 Å². The Morgan fingerprint density at radius 3 is 2.58 bits per heavy atom. The molecule has 0 fully saturated rings. The highest BCUT2D eigenvalue weighted by Crippen LogP contribution is 2.27. The summed E-state index contributed by atoms with van der Waals surface area (Å²) >= 11 is 5.20. The molecular formula is C7H5BrINO2. The molecule has 0 amide bonds. The van der Waals surface area contributed by atoms with Gasteiger partial charge in [0.2, 0.25) is 0 Å². The fraction of sp³-hybridized carbons (Fsp3) is 0. The van der Waals surface area contributed by atoms with Crippen molar-refractivity contribution in [3.63, 3.8) is 0 Å². The second kappa shape index (κ2) is 3.61. The molecule has 0 bridgehead atoms. The average molecular weight is 342 g/mol. The van der Waals surface area contributed by atoms with E-state index in [1.807, 2.05) is 22.6 Å². The number of nitrogen functional groups attached to an aromatic ring is 1. The highest BCUT2D eigenvalue weighted by atomic mass is 127. The van der Waals surface area contributed by atoms with Crippen molar-refractivity contribution in [2.24, 2.45) is 0 Å². The van der Waals surface area contributed by atoms with Gasteiger partial charge in [-0.3, -0.25) is 0 Å². The van der Waals surface area contributed by atoms with Gasteiger partial charge in [0, 0.05) is 13.7 Å². The largest absolute Gasteiger partial charge is 0.478 e. The van der Waals surface area contributed by atoms with Gasteiger partial charge in [0.05, 0.1) is 5.56 Å². The molecule has 3 nitrogen and oxygen atoms in total. The molecule has 5 heteroatoms. The van der Waals surface area contributed by atoms with Crippen molar-refractivity contribution in [2.75, 3.05) is 5.73 Å². The number of carboxylic acid groups (broad SMARTS) is 1. The summed E-state index contributed by atoms with van der Waals surface area (Å²) in [6.07, 6.45) is 0. The molecule has 0 aromatic heterocycles. The summed E-state index contributed by atoms with van der Waals surface area (Å²) in [5.41, 5.74) is 5.88. The number of halogens is 2. The molecule has 3 N–H and O–H groups in total. The predicted octanol–water partition coefficient (Wildman–Crippen LogP) is 2.33. The van der Waals surface area contributed by atoms with E-state index in [0.29, 0.717) is 4.47 Å². The highest BCUT2D eigenvalue weighted by Gasteiger charge is 2.14. The maximum atomic E-state index is 10.7. The van der Waals surface area contributed by atoms with Gasteiger partial charge in [-0.25, -0.2) is 4.79 Å². The molecule has 64 valence electrons. The molecule has 1 aromatic carbocycles. The summed E-state index contributed by atoms with van der Waals surface area (Å²) in [7, 11) is 0. The normalized spacial score (nSPS) is 9.83. The first-order chi connectivity index (χ1) is 5.54. The molecule has 0 saturated heterocycles. The molecule has 0 aliphatic heterocycles. The SMILES string of the molecule is Nc1ccc(I)c(Br)c1C(=O)O. The number of carbonyl (C=O) groups is 1. The van der Waals surface area contributed by atoms with Gasteiger partial charge in [-0.2, -0.15) is 0 Å². The van der Waals surface area contributed by atoms with Crippen LogP contribution in [0.15, 0.2) is 16.6 Å². The zero-order valence-corrected chi connectivity index (χ0v) is 9.59. The fourth-order valence-corrected chi connectivity index (χ4v) is 1.76. The van der Waals surface area contributed by atoms with Crippen LogP contribution in [0.25, 0.3) is 0 Å². The number of carboxylic acids is 1. The van der Waals surface area contributed by atoms with Crippen LogP contribution in [0.4, 0.5) is 5.69 Å². The van der Waals surface area contributed by atoms with Gasteiger partial charge >= 0.3 is 5.97 Å². The maximum absolute atomic E-state index is 10.7. The number of hydrogen-bond donors (Lipinski definition) is 2. The molecule has 1 rings (SSSR count). The van der Waals surface area contributed by atoms with E-state index in [1.54, 1.807) is 12.1 Å². The van der Waals surface area contributed by atoms with Crippen LogP contribution >= 0.6 is 38.5 Å². The van der Waals surface area contributed by atoms with Gasteiger partial charge in [-0.15, -0.1) is 0 Å². The molecule has 0 atom stereocenters. The number of anilines is 1. The van der Waals surface area contributed by atoms with Crippen molar-refractivity contribution >= 4 is 50.2 Å². The van der Waals surface area contributed by atoms with Gasteiger partial charge in [-0.05, 0) is 50.7 Å². The first kappa shape index (κ1) is 9.79. The van der Waals surface area contributed by atoms with Gasteiger partial charge in [0.15, 0.2) is 0 Å². The summed E-state index contributed by atoms with van der Waals surface area (Å²) in [5, 5.41) is 8.76. The van der Waals surface area contributed by atoms with Crippen LogP contribution in [-0.2, 0) is 0 Å². The monoisotopic (exact) mass is 341 g/mol. The third-order valence-corrected chi connectivity index (χ3v) is 3.80. The zero-order chi connectivity index (χ0) is 9.30. The Hall–Kier alpha value is -0.300. The van der Waals surface area contributed by atoms with Crippen molar-refractivity contribution in [1.29, 1.82) is 0 Å². The molecule has 0 spiro atoms. The third kappa shape index (κ3) is 1.71. The van der Waals surface area contributed by atoms with Gasteiger partial charge in [-0.1, -0.05) is 0 Å². The number of nitrogens with two attached hydrogens (primary N) is 1. The van der Waals surface area contributed by atoms with Crippen molar-refractivity contribution < 1.29 is 9.90 Å². The molecule has 0 aliphatic rings. The van der Waals surface area contributed by atoms with Crippen LogP contribution in [0.1, 0.15) is 10.4 Å². The van der Waals surface area contributed by atoms with Crippen molar-refractivity contribution in [3.05, 3.63) is 25.7 Å². The zero-order valence-electron chi connectivity index (χ0n) is 5.84. The Balaban J connectivity index is 3.43. The summed E-state index contributed by atoms with van der Waals surface area (Å²) in [4.78, 5) is 10.7. The van der Waals surface area contributed by atoms with Crippen LogP contribution in [-0.4, -0.2) is 11.1 Å². The summed E-state index contributed by atoms with van der Waals surface area (Å²) in [6, 6.07) is 3.34. The standard InChI is InChI=1S/C7H5BrINO2/c8-6-3(9)1-2-4(10)5(6)7(11)12/h1-2H,10H2,(H,11,12). The average Bonchev–Trinajstić information content (AvgIpc) is 1.97. The van der Waals surface area contributed by atoms with Crippen molar-refractivity contribution in [2.45, 2.75) is 0 Å². The summed E-state index contributed by atoms with van der Waals surface area (Å²) in [5.74, 6) is -1.02. The first-order valence-corrected chi connectivity index (χ1v) is 4.88. The predicted molar refractivity (Wildman–Crippen MR) is 58.2 cm³/mol.